The molecule has 2 unspecified atom stereocenters. The van der Waals surface area contributed by atoms with Crippen LogP contribution in [0, 0.1) is 5.92 Å². The van der Waals surface area contributed by atoms with Crippen molar-refractivity contribution in [3.63, 3.8) is 0 Å². The Bertz CT molecular complexity index is 493. The first-order chi connectivity index (χ1) is 10.6. The summed E-state index contributed by atoms with van der Waals surface area (Å²) in [6.45, 7) is 1.62. The van der Waals surface area contributed by atoms with E-state index in [0.29, 0.717) is 19.0 Å². The summed E-state index contributed by atoms with van der Waals surface area (Å²) in [6, 6.07) is 7.67. The van der Waals surface area contributed by atoms with Crippen LogP contribution in [0.2, 0.25) is 0 Å². The Morgan fingerprint density at radius 2 is 2.27 bits per heavy atom. The fraction of sp³-hybridized carbons (Fsp3) is 0.588. The second kappa shape index (κ2) is 8.15. The zero-order valence-electron chi connectivity index (χ0n) is 13.4. The molecule has 5 nitrogen and oxygen atoms in total. The lowest BCUT2D eigenvalue weighted by Gasteiger charge is -2.22. The molecule has 0 radical (unpaired) electrons. The van der Waals surface area contributed by atoms with Crippen LogP contribution in [0.5, 0.6) is 5.75 Å². The number of aliphatic hydroxyl groups is 1. The van der Waals surface area contributed by atoms with Gasteiger partial charge in [0, 0.05) is 13.1 Å². The van der Waals surface area contributed by atoms with Gasteiger partial charge in [-0.05, 0) is 43.5 Å². The molecule has 0 saturated heterocycles. The Labute approximate surface area is 132 Å². The average molecular weight is 306 g/mol. The van der Waals surface area contributed by atoms with Gasteiger partial charge in [0.2, 0.25) is 5.91 Å². The molecule has 1 amide bonds. The molecule has 1 fully saturated rings. The third kappa shape index (κ3) is 5.00. The Hall–Kier alpha value is -1.59. The molecule has 2 N–H and O–H groups in total. The second-order valence-corrected chi connectivity index (χ2v) is 6.08. The molecule has 0 aromatic heterocycles. The molecule has 0 heterocycles. The van der Waals surface area contributed by atoms with E-state index in [9.17, 15) is 9.90 Å². The van der Waals surface area contributed by atoms with Crippen molar-refractivity contribution in [3.05, 3.63) is 29.8 Å². The van der Waals surface area contributed by atoms with Crippen molar-refractivity contribution in [1.29, 1.82) is 0 Å². The lowest BCUT2D eigenvalue weighted by atomic mass is 10.1. The zero-order chi connectivity index (χ0) is 15.9. The maximum absolute atomic E-state index is 12.0. The van der Waals surface area contributed by atoms with Crippen LogP contribution >= 0.6 is 0 Å². The number of carbonyl (C=O) groups excluding carboxylic acids is 1. The number of carbonyl (C=O) groups is 1. The maximum atomic E-state index is 12.0. The van der Waals surface area contributed by atoms with Crippen LogP contribution in [-0.2, 0) is 11.3 Å². The van der Waals surface area contributed by atoms with E-state index in [2.05, 4.69) is 5.32 Å². The predicted octanol–water partition coefficient (Wildman–Crippen LogP) is 1.40. The van der Waals surface area contributed by atoms with E-state index in [1.54, 1.807) is 7.11 Å². The third-order valence-corrected chi connectivity index (χ3v) is 4.20. The minimum Gasteiger partial charge on any atom is -0.497 e. The Balaban J connectivity index is 1.72. The topological polar surface area (TPSA) is 61.8 Å². The molecule has 0 aliphatic heterocycles. The number of amides is 1. The number of rotatable bonds is 7. The summed E-state index contributed by atoms with van der Waals surface area (Å²) in [4.78, 5) is 14.0. The fourth-order valence-electron chi connectivity index (χ4n) is 2.98. The number of nitrogens with one attached hydrogen (secondary N) is 1. The van der Waals surface area contributed by atoms with Gasteiger partial charge in [-0.15, -0.1) is 0 Å². The highest BCUT2D eigenvalue weighted by molar-refractivity contribution is 5.77. The first kappa shape index (κ1) is 16.8. The van der Waals surface area contributed by atoms with Gasteiger partial charge < -0.3 is 15.2 Å². The van der Waals surface area contributed by atoms with Crippen molar-refractivity contribution >= 4 is 5.91 Å². The van der Waals surface area contributed by atoms with E-state index in [-0.39, 0.29) is 12.0 Å². The van der Waals surface area contributed by atoms with Gasteiger partial charge in [-0.1, -0.05) is 18.6 Å². The summed E-state index contributed by atoms with van der Waals surface area (Å²) in [7, 11) is 3.56. The van der Waals surface area contributed by atoms with E-state index in [4.69, 9.17) is 4.74 Å². The second-order valence-electron chi connectivity index (χ2n) is 6.08. The van der Waals surface area contributed by atoms with E-state index >= 15 is 0 Å². The van der Waals surface area contributed by atoms with Gasteiger partial charge in [-0.25, -0.2) is 0 Å². The van der Waals surface area contributed by atoms with E-state index in [0.717, 1.165) is 37.1 Å². The lowest BCUT2D eigenvalue weighted by Crippen LogP contribution is -2.38. The van der Waals surface area contributed by atoms with Gasteiger partial charge in [0.05, 0.1) is 19.8 Å². The summed E-state index contributed by atoms with van der Waals surface area (Å²) in [6.07, 6.45) is 2.82. The number of likely N-dealkylation sites (N-methyl/N-ethyl adjacent to an activating group) is 1. The van der Waals surface area contributed by atoms with Crippen LogP contribution in [0.4, 0.5) is 0 Å². The largest absolute Gasteiger partial charge is 0.497 e. The molecule has 2 rings (SSSR count). The molecule has 22 heavy (non-hydrogen) atoms. The van der Waals surface area contributed by atoms with Gasteiger partial charge in [0.15, 0.2) is 0 Å². The van der Waals surface area contributed by atoms with Crippen molar-refractivity contribution in [1.82, 2.24) is 10.2 Å². The number of hydrogen-bond acceptors (Lipinski definition) is 4. The number of methoxy groups -OCH3 is 1. The van der Waals surface area contributed by atoms with Crippen molar-refractivity contribution in [2.24, 2.45) is 5.92 Å². The van der Waals surface area contributed by atoms with Crippen LogP contribution in [0.25, 0.3) is 0 Å². The minimum absolute atomic E-state index is 0.00203. The highest BCUT2D eigenvalue weighted by atomic mass is 16.5. The SMILES string of the molecule is COc1cccc(CNC(=O)CN(C)CC2CCCC2O)c1. The number of hydrogen-bond donors (Lipinski definition) is 2. The number of benzene rings is 1. The molecule has 1 saturated carbocycles. The van der Waals surface area contributed by atoms with Crippen molar-refractivity contribution in [2.75, 3.05) is 27.2 Å². The summed E-state index contributed by atoms with van der Waals surface area (Å²) in [5, 5.41) is 12.8. The Kier molecular flexibility index (Phi) is 6.21. The molecular formula is C17H26N2O3. The molecule has 1 aromatic rings. The molecule has 0 spiro atoms. The first-order valence-corrected chi connectivity index (χ1v) is 7.84. The van der Waals surface area contributed by atoms with E-state index in [1.165, 1.54) is 0 Å². The quantitative estimate of drug-likeness (QED) is 0.799. The van der Waals surface area contributed by atoms with E-state index in [1.807, 2.05) is 36.2 Å². The van der Waals surface area contributed by atoms with Crippen molar-refractivity contribution in [2.45, 2.75) is 31.9 Å². The van der Waals surface area contributed by atoms with Gasteiger partial charge >= 0.3 is 0 Å². The van der Waals surface area contributed by atoms with Gasteiger partial charge in [0.1, 0.15) is 5.75 Å². The Morgan fingerprint density at radius 1 is 1.45 bits per heavy atom. The standard InChI is InChI=1S/C17H26N2O3/c1-19(11-14-6-4-8-16(14)20)12-17(21)18-10-13-5-3-7-15(9-13)22-2/h3,5,7,9,14,16,20H,4,6,8,10-12H2,1-2H3,(H,18,21). The molecule has 1 aromatic carbocycles. The normalized spacial score (nSPS) is 21.1. The smallest absolute Gasteiger partial charge is 0.234 e. The van der Waals surface area contributed by atoms with Crippen LogP contribution in [-0.4, -0.2) is 49.3 Å². The summed E-state index contributed by atoms with van der Waals surface area (Å²) in [5.41, 5.74) is 1.02. The minimum atomic E-state index is -0.206. The van der Waals surface area contributed by atoms with Crippen LogP contribution in [0.3, 0.4) is 0 Å². The lowest BCUT2D eigenvalue weighted by molar-refractivity contribution is -0.122. The fourth-order valence-corrected chi connectivity index (χ4v) is 2.98. The molecule has 0 bridgehead atoms. The van der Waals surface area contributed by atoms with Gasteiger partial charge in [-0.3, -0.25) is 9.69 Å². The monoisotopic (exact) mass is 306 g/mol. The molecule has 122 valence electrons. The van der Waals surface area contributed by atoms with Gasteiger partial charge in [-0.2, -0.15) is 0 Å². The Morgan fingerprint density at radius 3 is 2.95 bits per heavy atom. The third-order valence-electron chi connectivity index (χ3n) is 4.20. The summed E-state index contributed by atoms with van der Waals surface area (Å²) in [5.74, 6) is 1.09. The molecule has 2 atom stereocenters. The van der Waals surface area contributed by atoms with Gasteiger partial charge in [0.25, 0.3) is 0 Å². The molecule has 5 heteroatoms. The number of nitrogens with zero attached hydrogens (tertiary/aromatic N) is 1. The summed E-state index contributed by atoms with van der Waals surface area (Å²) < 4.78 is 5.17. The molecule has 1 aliphatic rings. The molecule has 1 aliphatic carbocycles. The number of aliphatic hydroxyl groups excluding tert-OH is 1. The first-order valence-electron chi connectivity index (χ1n) is 7.84. The van der Waals surface area contributed by atoms with Crippen LogP contribution in [0.1, 0.15) is 24.8 Å². The maximum Gasteiger partial charge on any atom is 0.234 e. The van der Waals surface area contributed by atoms with Crippen LogP contribution in [0.15, 0.2) is 24.3 Å². The summed E-state index contributed by atoms with van der Waals surface area (Å²) >= 11 is 0. The average Bonchev–Trinajstić information content (AvgIpc) is 2.90. The zero-order valence-corrected chi connectivity index (χ0v) is 13.4. The predicted molar refractivity (Wildman–Crippen MR) is 85.7 cm³/mol. The molecular weight excluding hydrogens is 280 g/mol. The van der Waals surface area contributed by atoms with Crippen molar-refractivity contribution < 1.29 is 14.6 Å². The van der Waals surface area contributed by atoms with Crippen molar-refractivity contribution in [3.8, 4) is 5.75 Å². The number of ether oxygens (including phenoxy) is 1. The highest BCUT2D eigenvalue weighted by Crippen LogP contribution is 2.25. The van der Waals surface area contributed by atoms with E-state index < -0.39 is 0 Å². The van der Waals surface area contributed by atoms with Crippen LogP contribution < -0.4 is 10.1 Å². The highest BCUT2D eigenvalue weighted by Gasteiger charge is 2.26.